The third kappa shape index (κ3) is 7.38. The van der Waals surface area contributed by atoms with Crippen molar-refractivity contribution in [2.75, 3.05) is 33.2 Å². The van der Waals surface area contributed by atoms with Crippen molar-refractivity contribution in [3.05, 3.63) is 0 Å². The Morgan fingerprint density at radius 3 is 2.33 bits per heavy atom. The van der Waals surface area contributed by atoms with Crippen LogP contribution in [0.1, 0.15) is 52.9 Å². The van der Waals surface area contributed by atoms with E-state index < -0.39 is 0 Å². The normalized spacial score (nSPS) is 19.7. The SMILES string of the molecule is CC(C)CNCC(C)CN(C)CC1CCCCC1. The maximum atomic E-state index is 3.57. The summed E-state index contributed by atoms with van der Waals surface area (Å²) in [6, 6.07) is 0. The molecule has 1 fully saturated rings. The summed E-state index contributed by atoms with van der Waals surface area (Å²) in [5.41, 5.74) is 0. The molecule has 0 heterocycles. The third-order valence-electron chi connectivity index (χ3n) is 3.96. The van der Waals surface area contributed by atoms with E-state index in [9.17, 15) is 0 Å². The van der Waals surface area contributed by atoms with Gasteiger partial charge >= 0.3 is 0 Å². The molecule has 0 aromatic rings. The van der Waals surface area contributed by atoms with Gasteiger partial charge in [-0.05, 0) is 50.7 Å². The Balaban J connectivity index is 2.08. The Bertz CT molecular complexity index is 197. The molecule has 0 aromatic carbocycles. The second kappa shape index (κ2) is 8.92. The minimum absolute atomic E-state index is 0.761. The first kappa shape index (κ1) is 16.0. The quantitative estimate of drug-likeness (QED) is 0.714. The van der Waals surface area contributed by atoms with Crippen molar-refractivity contribution < 1.29 is 0 Å². The highest BCUT2D eigenvalue weighted by molar-refractivity contribution is 4.70. The molecule has 0 amide bonds. The van der Waals surface area contributed by atoms with Gasteiger partial charge in [-0.15, -0.1) is 0 Å². The predicted octanol–water partition coefficient (Wildman–Crippen LogP) is 3.38. The first-order valence-corrected chi connectivity index (χ1v) is 7.97. The molecule has 0 saturated heterocycles. The smallest absolute Gasteiger partial charge is 0.00162 e. The molecule has 1 saturated carbocycles. The van der Waals surface area contributed by atoms with Crippen molar-refractivity contribution in [3.63, 3.8) is 0 Å². The van der Waals surface area contributed by atoms with Gasteiger partial charge in [0.15, 0.2) is 0 Å². The van der Waals surface area contributed by atoms with Gasteiger partial charge in [-0.3, -0.25) is 0 Å². The van der Waals surface area contributed by atoms with Crippen LogP contribution in [0.2, 0.25) is 0 Å². The molecule has 1 rings (SSSR count). The topological polar surface area (TPSA) is 15.3 Å². The van der Waals surface area contributed by atoms with Crippen molar-refractivity contribution in [1.82, 2.24) is 10.2 Å². The fourth-order valence-electron chi connectivity index (χ4n) is 3.10. The van der Waals surface area contributed by atoms with Gasteiger partial charge in [-0.1, -0.05) is 40.0 Å². The molecule has 0 aromatic heterocycles. The molecule has 2 nitrogen and oxygen atoms in total. The van der Waals surface area contributed by atoms with Crippen molar-refractivity contribution in [1.29, 1.82) is 0 Å². The van der Waals surface area contributed by atoms with E-state index in [4.69, 9.17) is 0 Å². The van der Waals surface area contributed by atoms with Gasteiger partial charge in [-0.25, -0.2) is 0 Å². The first-order valence-electron chi connectivity index (χ1n) is 7.97. The lowest BCUT2D eigenvalue weighted by atomic mass is 9.89. The fraction of sp³-hybridized carbons (Fsp3) is 1.00. The van der Waals surface area contributed by atoms with Crippen LogP contribution in [0, 0.1) is 17.8 Å². The molecule has 108 valence electrons. The van der Waals surface area contributed by atoms with Gasteiger partial charge in [-0.2, -0.15) is 0 Å². The molecule has 2 heteroatoms. The summed E-state index contributed by atoms with van der Waals surface area (Å²) in [5, 5.41) is 3.57. The molecular weight excluding hydrogens is 220 g/mol. The van der Waals surface area contributed by atoms with E-state index in [2.05, 4.69) is 38.0 Å². The van der Waals surface area contributed by atoms with E-state index in [-0.39, 0.29) is 0 Å². The summed E-state index contributed by atoms with van der Waals surface area (Å²) < 4.78 is 0. The maximum Gasteiger partial charge on any atom is 0.00162 e. The second-order valence-corrected chi connectivity index (χ2v) is 6.88. The van der Waals surface area contributed by atoms with Crippen LogP contribution in [0.15, 0.2) is 0 Å². The average Bonchev–Trinajstić information content (AvgIpc) is 2.29. The predicted molar refractivity (Wildman–Crippen MR) is 80.9 cm³/mol. The van der Waals surface area contributed by atoms with E-state index in [1.54, 1.807) is 0 Å². The van der Waals surface area contributed by atoms with Gasteiger partial charge in [0, 0.05) is 13.1 Å². The molecule has 0 spiro atoms. The van der Waals surface area contributed by atoms with E-state index in [1.165, 1.54) is 45.2 Å². The monoisotopic (exact) mass is 254 g/mol. The molecular formula is C16H34N2. The molecule has 1 N–H and O–H groups in total. The van der Waals surface area contributed by atoms with Crippen LogP contribution in [0.5, 0.6) is 0 Å². The van der Waals surface area contributed by atoms with Crippen LogP contribution >= 0.6 is 0 Å². The third-order valence-corrected chi connectivity index (χ3v) is 3.96. The standard InChI is InChI=1S/C16H34N2/c1-14(2)10-17-11-15(3)12-18(4)13-16-8-6-5-7-9-16/h14-17H,5-13H2,1-4H3. The van der Waals surface area contributed by atoms with E-state index >= 15 is 0 Å². The zero-order valence-electron chi connectivity index (χ0n) is 13.0. The summed E-state index contributed by atoms with van der Waals surface area (Å²) >= 11 is 0. The number of rotatable bonds is 8. The molecule has 1 atom stereocenters. The molecule has 0 bridgehead atoms. The fourth-order valence-corrected chi connectivity index (χ4v) is 3.10. The lowest BCUT2D eigenvalue weighted by Crippen LogP contribution is -2.35. The van der Waals surface area contributed by atoms with Crippen molar-refractivity contribution in [2.45, 2.75) is 52.9 Å². The van der Waals surface area contributed by atoms with Crippen LogP contribution in [-0.2, 0) is 0 Å². The van der Waals surface area contributed by atoms with Crippen LogP contribution in [0.4, 0.5) is 0 Å². The molecule has 0 aliphatic heterocycles. The van der Waals surface area contributed by atoms with Gasteiger partial charge in [0.2, 0.25) is 0 Å². The maximum absolute atomic E-state index is 3.57. The largest absolute Gasteiger partial charge is 0.316 e. The molecule has 1 aliphatic carbocycles. The zero-order valence-corrected chi connectivity index (χ0v) is 13.0. The van der Waals surface area contributed by atoms with Gasteiger partial charge in [0.25, 0.3) is 0 Å². The summed E-state index contributed by atoms with van der Waals surface area (Å²) in [6.07, 6.45) is 7.32. The summed E-state index contributed by atoms with van der Waals surface area (Å²) in [7, 11) is 2.30. The highest BCUT2D eigenvalue weighted by atomic mass is 15.1. The van der Waals surface area contributed by atoms with Gasteiger partial charge < -0.3 is 10.2 Å². The van der Waals surface area contributed by atoms with E-state index in [0.717, 1.165) is 30.8 Å². The van der Waals surface area contributed by atoms with Crippen molar-refractivity contribution >= 4 is 0 Å². The summed E-state index contributed by atoms with van der Waals surface area (Å²) in [6.45, 7) is 11.8. The lowest BCUT2D eigenvalue weighted by molar-refractivity contribution is 0.210. The number of nitrogens with zero attached hydrogens (tertiary/aromatic N) is 1. The van der Waals surface area contributed by atoms with Crippen molar-refractivity contribution in [3.8, 4) is 0 Å². The zero-order chi connectivity index (χ0) is 13.4. The molecule has 1 aliphatic rings. The van der Waals surface area contributed by atoms with Gasteiger partial charge in [0.1, 0.15) is 0 Å². The van der Waals surface area contributed by atoms with Crippen LogP contribution in [0.25, 0.3) is 0 Å². The first-order chi connectivity index (χ1) is 8.58. The van der Waals surface area contributed by atoms with Crippen molar-refractivity contribution in [2.24, 2.45) is 17.8 Å². The van der Waals surface area contributed by atoms with Gasteiger partial charge in [0.05, 0.1) is 0 Å². The second-order valence-electron chi connectivity index (χ2n) is 6.88. The highest BCUT2D eigenvalue weighted by Gasteiger charge is 2.16. The lowest BCUT2D eigenvalue weighted by Gasteiger charge is -2.28. The number of nitrogens with one attached hydrogen (secondary N) is 1. The van der Waals surface area contributed by atoms with E-state index in [1.807, 2.05) is 0 Å². The minimum Gasteiger partial charge on any atom is -0.316 e. The molecule has 0 radical (unpaired) electrons. The van der Waals surface area contributed by atoms with Crippen LogP contribution < -0.4 is 5.32 Å². The Kier molecular flexibility index (Phi) is 7.92. The summed E-state index contributed by atoms with van der Waals surface area (Å²) in [4.78, 5) is 2.55. The Hall–Kier alpha value is -0.0800. The highest BCUT2D eigenvalue weighted by Crippen LogP contribution is 2.24. The average molecular weight is 254 g/mol. The molecule has 1 unspecified atom stereocenters. The number of hydrogen-bond donors (Lipinski definition) is 1. The Labute approximate surface area is 115 Å². The number of hydrogen-bond acceptors (Lipinski definition) is 2. The Morgan fingerprint density at radius 2 is 1.72 bits per heavy atom. The van der Waals surface area contributed by atoms with E-state index in [0.29, 0.717) is 0 Å². The molecule has 18 heavy (non-hydrogen) atoms. The van der Waals surface area contributed by atoms with Crippen LogP contribution in [0.3, 0.4) is 0 Å². The Morgan fingerprint density at radius 1 is 1.06 bits per heavy atom. The minimum atomic E-state index is 0.761. The summed E-state index contributed by atoms with van der Waals surface area (Å²) in [5.74, 6) is 2.49. The van der Waals surface area contributed by atoms with Crippen LogP contribution in [-0.4, -0.2) is 38.1 Å².